The molecule has 73 heavy (non-hydrogen) atoms. The molecule has 3 atom stereocenters. The van der Waals surface area contributed by atoms with Crippen LogP contribution in [0.5, 0.6) is 0 Å². The largest absolute Gasteiger partial charge is 1.00 e. The number of aliphatic carboxylic acids is 1. The van der Waals surface area contributed by atoms with Gasteiger partial charge < -0.3 is 88.7 Å². The second-order valence-corrected chi connectivity index (χ2v) is 14.1. The number of carboxylic acid groups (broad SMARTS) is 1. The van der Waals surface area contributed by atoms with Gasteiger partial charge in [0.1, 0.15) is 17.6 Å². The summed E-state index contributed by atoms with van der Waals surface area (Å²) >= 11 is 2.15. The molecule has 5 aromatic rings. The van der Waals surface area contributed by atoms with E-state index in [-0.39, 0.29) is 99.5 Å². The van der Waals surface area contributed by atoms with Crippen molar-refractivity contribution >= 4 is 68.9 Å². The maximum atomic E-state index is 12.2. The number of methoxy groups -OCH3 is 1. The Morgan fingerprint density at radius 2 is 1.14 bits per heavy atom. The van der Waals surface area contributed by atoms with Crippen molar-refractivity contribution in [1.82, 2.24) is 41.5 Å². The first-order valence-electron chi connectivity index (χ1n) is 20.5. The third-order valence-corrected chi connectivity index (χ3v) is 9.24. The van der Waals surface area contributed by atoms with Crippen LogP contribution in [0.4, 0.5) is 15.9 Å². The minimum atomic E-state index is -1.00. The van der Waals surface area contributed by atoms with Crippen molar-refractivity contribution in [1.29, 1.82) is 0 Å². The van der Waals surface area contributed by atoms with Crippen LogP contribution in [0.1, 0.15) is 8.29 Å². The number of aliphatic hydroxyl groups is 7. The van der Waals surface area contributed by atoms with Crippen LogP contribution in [0, 0.1) is 6.67 Å². The summed E-state index contributed by atoms with van der Waals surface area (Å²) in [5.74, 6) is -0.363. The zero-order valence-electron chi connectivity index (χ0n) is 42.8. The average Bonchev–Trinajstić information content (AvgIpc) is 4.03. The van der Waals surface area contributed by atoms with E-state index in [0.29, 0.717) is 22.7 Å². The summed E-state index contributed by atoms with van der Waals surface area (Å²) in [6, 6.07) is 0. The van der Waals surface area contributed by atoms with Crippen LogP contribution in [0.15, 0.2) is 41.4 Å². The molecular formula is C39H65Ag2FI2N12O17. The molecule has 5 aromatic heterocycles. The van der Waals surface area contributed by atoms with Gasteiger partial charge >= 0.3 is 67.4 Å². The van der Waals surface area contributed by atoms with Crippen molar-refractivity contribution in [3.05, 3.63) is 81.8 Å². The van der Waals surface area contributed by atoms with E-state index in [1.54, 1.807) is 50.7 Å². The smallest absolute Gasteiger partial charge is 1.00 e. The number of nitrogens with zero attached hydrogens (tertiary/aromatic N) is 12. The number of carboxylic acids is 1. The summed E-state index contributed by atoms with van der Waals surface area (Å²) in [5.41, 5.74) is -1.01. The van der Waals surface area contributed by atoms with Crippen LogP contribution in [0.2, 0.25) is 0 Å². The topological polar surface area (TPSA) is 370 Å². The molecule has 426 valence electrons. The molecule has 0 saturated carbocycles. The fourth-order valence-electron chi connectivity index (χ4n) is 6.25. The van der Waals surface area contributed by atoms with Crippen molar-refractivity contribution < 1.29 is 134 Å². The van der Waals surface area contributed by atoms with Crippen molar-refractivity contribution in [3.8, 4) is 0 Å². The molecule has 3 unspecified atom stereocenters. The van der Waals surface area contributed by atoms with Crippen LogP contribution >= 0.6 is 22.6 Å². The van der Waals surface area contributed by atoms with Crippen LogP contribution in [-0.4, -0.2) is 173 Å². The molecule has 34 heteroatoms. The predicted octanol–water partition coefficient (Wildman–Crippen LogP) is -9.15. The number of fused-ring (bicyclic) bond motifs is 3. The van der Waals surface area contributed by atoms with E-state index in [9.17, 15) is 48.5 Å². The quantitative estimate of drug-likeness (QED) is 0.0212. The molecule has 6 rings (SSSR count). The minimum Gasteiger partial charge on any atom is -1.00 e. The normalized spacial score (nSPS) is 11.8. The molecule has 0 saturated heterocycles. The Labute approximate surface area is 480 Å². The van der Waals surface area contributed by atoms with Gasteiger partial charge in [0, 0.05) is 62.9 Å². The Kier molecular flexibility index (Phi) is 40.0. The molecule has 0 aromatic carbocycles. The Morgan fingerprint density at radius 1 is 0.767 bits per heavy atom. The fourth-order valence-corrected chi connectivity index (χ4v) is 6.25. The molecule has 0 radical (unpaired) electrons. The maximum Gasteiger partial charge on any atom is 1.00 e. The molecule has 6 heterocycles. The Bertz CT molecular complexity index is 2850. The zero-order chi connectivity index (χ0) is 55.8. The second kappa shape index (κ2) is 38.6. The predicted molar refractivity (Wildman–Crippen MR) is 261 cm³/mol. The average molecular weight is 1460 g/mol. The molecule has 29 nitrogen and oxygen atoms in total. The van der Waals surface area contributed by atoms with Gasteiger partial charge in [-0.05, 0) is 12.0 Å². The third-order valence-electron chi connectivity index (χ3n) is 9.24. The number of aromatic nitrogens is 10. The van der Waals surface area contributed by atoms with Gasteiger partial charge in [0.05, 0.1) is 74.1 Å². The molecule has 1 aliphatic rings. The molecule has 8 N–H and O–H groups in total. The van der Waals surface area contributed by atoms with Crippen molar-refractivity contribution in [3.63, 3.8) is 0 Å². The Morgan fingerprint density at radius 3 is 1.56 bits per heavy atom. The van der Waals surface area contributed by atoms with Crippen molar-refractivity contribution in [2.45, 2.75) is 38.3 Å². The summed E-state index contributed by atoms with van der Waals surface area (Å²) in [7, 11) is 13.6. The number of carbonyl (C=O) groups is 1. The Hall–Kier alpha value is -3.89. The number of hydrogen-bond donors (Lipinski definition) is 8. The monoisotopic (exact) mass is 1460 g/mol. The number of ether oxygens (including phenoxy) is 1. The Balaban J connectivity index is -0.000000278. The van der Waals surface area contributed by atoms with Gasteiger partial charge in [0.15, 0.2) is 17.5 Å². The van der Waals surface area contributed by atoms with Gasteiger partial charge in [-0.15, -0.1) is 0 Å². The van der Waals surface area contributed by atoms with E-state index >= 15 is 0 Å². The molecular weight excluding hydrogens is 1400 g/mol. The number of imidazole rings is 2. The van der Waals surface area contributed by atoms with E-state index < -0.39 is 85.0 Å². The molecule has 0 amide bonds. The number of aliphatic hydroxyl groups excluding tert-OH is 7. The van der Waals surface area contributed by atoms with E-state index in [2.05, 4.69) is 32.3 Å². The first-order chi connectivity index (χ1) is 33.3. The molecule has 0 spiro atoms. The summed E-state index contributed by atoms with van der Waals surface area (Å²) in [5, 5.41) is 69.4. The maximum absolute atomic E-state index is 12.2. The van der Waals surface area contributed by atoms with E-state index in [1.165, 1.54) is 75.8 Å². The number of alkyl halides is 2. The van der Waals surface area contributed by atoms with Gasteiger partial charge in [-0.2, -0.15) is 6.67 Å². The van der Waals surface area contributed by atoms with Gasteiger partial charge in [0.25, 0.3) is 22.7 Å². The van der Waals surface area contributed by atoms with Crippen molar-refractivity contribution in [2.75, 3.05) is 69.5 Å². The molecule has 0 bridgehead atoms. The summed E-state index contributed by atoms with van der Waals surface area (Å²) in [4.78, 5) is 98.7. The van der Waals surface area contributed by atoms with Crippen LogP contribution in [0.25, 0.3) is 22.3 Å². The first kappa shape index (κ1) is 75.6. The van der Waals surface area contributed by atoms with Gasteiger partial charge in [0.2, 0.25) is 5.52 Å². The number of halogens is 3. The number of aryl methyl sites for hydroxylation is 3. The van der Waals surface area contributed by atoms with E-state index in [0.717, 1.165) is 27.7 Å². The summed E-state index contributed by atoms with van der Waals surface area (Å²) in [6.45, 7) is 2.89. The summed E-state index contributed by atoms with van der Waals surface area (Å²) < 4.78 is 30.9. The minimum absolute atomic E-state index is 0. The molecule has 0 aliphatic carbocycles. The van der Waals surface area contributed by atoms with Crippen LogP contribution < -0.4 is 72.1 Å². The molecule has 1 aliphatic heterocycles. The summed E-state index contributed by atoms with van der Waals surface area (Å²) in [6.07, 6.45) is 0.0776. The van der Waals surface area contributed by atoms with Crippen LogP contribution in [0.3, 0.4) is 0 Å². The van der Waals surface area contributed by atoms with E-state index in [1.807, 2.05) is 4.93 Å². The fraction of sp³-hybridized carbons (Fsp3) is 0.564. The number of hydrogen-bond acceptors (Lipinski definition) is 19. The number of anilines is 2. The van der Waals surface area contributed by atoms with Crippen molar-refractivity contribution in [2.24, 2.45) is 49.3 Å². The number of β-amino-alcohol motifs (C(OH)–C–C–N with tert-alkyl or cyclic N) is 1. The molecule has 0 fully saturated rings. The van der Waals surface area contributed by atoms with E-state index in [4.69, 9.17) is 36.5 Å². The standard InChI is InChI=1S/2C11H17N4O4.C10H14N4O4.C2H3O2.C2H4O2.CH3F.CH3I.CH4O.2Ag.HI/c2*1-12-6-15(4-7(17)5-16)8-9(12)13(2)11(19)14(3)10(8)18;1-12-8-7(9(17)13(2)10(12)18)14(5-11-8)3-6(16)4-15;1-4-2-3;1-2(3)4;3*1-2;;;/h2*6-7,16-17H,4-5H2,1-3H3;5-6,15-16H,3-4H2,1-2H3;1H3;1H3,(H,3,4);2*1H3;2H,1H3;;;1H/q-1;+1;;-1;;;;;2*+1;/p-1/i;;;;;1D;;;;;. The third kappa shape index (κ3) is 20.6. The number of carbonyl (C=O) groups excluding carboxylic acids is 1. The van der Waals surface area contributed by atoms with Crippen LogP contribution in [-0.2, 0) is 122 Å². The number of rotatable bonds is 10. The van der Waals surface area contributed by atoms with Gasteiger partial charge in [-0.3, -0.25) is 46.4 Å². The van der Waals surface area contributed by atoms with Gasteiger partial charge in [-0.1, -0.05) is 29.1 Å². The zero-order valence-corrected chi connectivity index (χ0v) is 49.0. The first-order valence-corrected chi connectivity index (χ1v) is 22.0. The SMILES string of the molecule is CC(=O)O.CI.CN1[CH-]N(CC(O)CO)c2c1n(C)c(=O)n(C)c2=O.CO.CO[C-]=O.Cn1c(=O)c2c(n(C)c1=O)[n+](C)cn2CC(O)CO.Cn1c(=O)c2c(ncn2CC(O)CO)n(C)c1=O.[2H]CF.[Ag+].[Ag+].[I-]. The second-order valence-electron chi connectivity index (χ2n) is 14.1. The van der Waals surface area contributed by atoms with Gasteiger partial charge in [-0.25, -0.2) is 33.1 Å².